The Morgan fingerprint density at radius 3 is 1.29 bits per heavy atom. The number of hydrogen-bond acceptors (Lipinski definition) is 2. The van der Waals surface area contributed by atoms with Crippen molar-refractivity contribution in [2.45, 2.75) is 0 Å². The zero-order valence-corrected chi connectivity index (χ0v) is 12.9. The zero-order chi connectivity index (χ0) is 15.4. The molecular formula is C17H20N4. The maximum atomic E-state index is 9.36. The van der Waals surface area contributed by atoms with Crippen molar-refractivity contribution in [1.29, 1.82) is 0 Å². The van der Waals surface area contributed by atoms with Gasteiger partial charge in [0.25, 0.3) is 0 Å². The molecule has 0 aliphatic carbocycles. The van der Waals surface area contributed by atoms with E-state index in [9.17, 15) is 5.53 Å². The lowest BCUT2D eigenvalue weighted by Gasteiger charge is -2.12. The van der Waals surface area contributed by atoms with Gasteiger partial charge in [0.1, 0.15) is 0 Å². The molecule has 0 aliphatic rings. The summed E-state index contributed by atoms with van der Waals surface area (Å²) in [5.41, 5.74) is 13.9. The third-order valence-corrected chi connectivity index (χ3v) is 3.41. The van der Waals surface area contributed by atoms with E-state index in [2.05, 4.69) is 4.79 Å². The summed E-state index contributed by atoms with van der Waals surface area (Å²) < 4.78 is 0. The van der Waals surface area contributed by atoms with Gasteiger partial charge in [0, 0.05) is 39.6 Å². The topological polar surface area (TPSA) is 42.9 Å². The quantitative estimate of drug-likeness (QED) is 0.491. The summed E-state index contributed by atoms with van der Waals surface area (Å²) >= 11 is 0. The average molecular weight is 280 g/mol. The van der Waals surface area contributed by atoms with Gasteiger partial charge in [0.05, 0.1) is 11.1 Å². The molecule has 0 saturated carbocycles. The first-order valence-electron chi connectivity index (χ1n) is 6.80. The summed E-state index contributed by atoms with van der Waals surface area (Å²) in [5, 5.41) is 0. The SMILES string of the molecule is CN(C)c1ccc(C(=[N+]=[N-])c2ccc(N(C)C)cc2)cc1. The van der Waals surface area contributed by atoms with Crippen molar-refractivity contribution in [3.8, 4) is 0 Å². The number of rotatable bonds is 4. The molecule has 0 unspecified atom stereocenters. The second-order valence-electron chi connectivity index (χ2n) is 5.33. The molecule has 0 radical (unpaired) electrons. The molecule has 2 rings (SSSR count). The van der Waals surface area contributed by atoms with Crippen LogP contribution in [0.15, 0.2) is 48.5 Å². The average Bonchev–Trinajstić information content (AvgIpc) is 2.49. The fourth-order valence-corrected chi connectivity index (χ4v) is 2.12. The summed E-state index contributed by atoms with van der Waals surface area (Å²) in [6.45, 7) is 0. The first kappa shape index (κ1) is 14.8. The molecule has 0 fully saturated rings. The largest absolute Gasteiger partial charge is 0.378 e. The van der Waals surface area contributed by atoms with E-state index in [0.717, 1.165) is 22.5 Å². The highest BCUT2D eigenvalue weighted by atomic mass is 15.1. The molecule has 0 aliphatic heterocycles. The molecule has 4 heteroatoms. The Morgan fingerprint density at radius 2 is 1.05 bits per heavy atom. The van der Waals surface area contributed by atoms with Gasteiger partial charge in [0.2, 0.25) is 0 Å². The molecule has 4 nitrogen and oxygen atoms in total. The summed E-state index contributed by atoms with van der Waals surface area (Å²) in [7, 11) is 7.98. The number of anilines is 2. The molecule has 0 amide bonds. The molecule has 0 atom stereocenters. The van der Waals surface area contributed by atoms with Crippen molar-refractivity contribution in [3.63, 3.8) is 0 Å². The Bertz CT molecular complexity index is 595. The number of benzene rings is 2. The van der Waals surface area contributed by atoms with E-state index >= 15 is 0 Å². The highest BCUT2D eigenvalue weighted by Gasteiger charge is 2.15. The summed E-state index contributed by atoms with van der Waals surface area (Å²) in [4.78, 5) is 7.53. The predicted octanol–water partition coefficient (Wildman–Crippen LogP) is 2.89. The zero-order valence-electron chi connectivity index (χ0n) is 12.9. The molecule has 0 heterocycles. The lowest BCUT2D eigenvalue weighted by Crippen LogP contribution is -2.11. The lowest BCUT2D eigenvalue weighted by atomic mass is 10.0. The van der Waals surface area contributed by atoms with Crippen LogP contribution in [0.3, 0.4) is 0 Å². The van der Waals surface area contributed by atoms with E-state index in [1.165, 1.54) is 0 Å². The van der Waals surface area contributed by atoms with Gasteiger partial charge in [-0.05, 0) is 48.5 Å². The number of hydrogen-bond donors (Lipinski definition) is 0. The van der Waals surface area contributed by atoms with Gasteiger partial charge in [-0.3, -0.25) is 0 Å². The van der Waals surface area contributed by atoms with Crippen molar-refractivity contribution in [1.82, 2.24) is 0 Å². The minimum atomic E-state index is 0.575. The van der Waals surface area contributed by atoms with Crippen LogP contribution in [0.5, 0.6) is 0 Å². The van der Waals surface area contributed by atoms with Gasteiger partial charge in [0.15, 0.2) is 0 Å². The van der Waals surface area contributed by atoms with Gasteiger partial charge in [-0.1, -0.05) is 0 Å². The molecule has 0 N–H and O–H groups in total. The molecule has 2 aromatic carbocycles. The summed E-state index contributed by atoms with van der Waals surface area (Å²) in [6, 6.07) is 15.9. The first-order chi connectivity index (χ1) is 10.0. The van der Waals surface area contributed by atoms with Crippen molar-refractivity contribution in [2.24, 2.45) is 0 Å². The smallest absolute Gasteiger partial charge is 0.329 e. The molecule has 0 spiro atoms. The molecule has 108 valence electrons. The van der Waals surface area contributed by atoms with Gasteiger partial charge >= 0.3 is 5.71 Å². The fourth-order valence-electron chi connectivity index (χ4n) is 2.12. The Balaban J connectivity index is 2.33. The normalized spacial score (nSPS) is 9.90. The molecule has 0 saturated heterocycles. The molecule has 0 bridgehead atoms. The maximum Gasteiger partial charge on any atom is 0.329 e. The predicted molar refractivity (Wildman–Crippen MR) is 88.4 cm³/mol. The van der Waals surface area contributed by atoms with E-state index in [-0.39, 0.29) is 0 Å². The van der Waals surface area contributed by atoms with Crippen LogP contribution < -0.4 is 9.80 Å². The van der Waals surface area contributed by atoms with Gasteiger partial charge in [-0.15, -0.1) is 0 Å². The summed E-state index contributed by atoms with van der Waals surface area (Å²) in [6.07, 6.45) is 0. The van der Waals surface area contributed by atoms with Crippen LogP contribution in [0.1, 0.15) is 11.1 Å². The van der Waals surface area contributed by atoms with Crippen molar-refractivity contribution in [3.05, 3.63) is 65.2 Å². The third-order valence-electron chi connectivity index (χ3n) is 3.41. The van der Waals surface area contributed by atoms with Crippen LogP contribution in [0.25, 0.3) is 5.53 Å². The third kappa shape index (κ3) is 3.30. The van der Waals surface area contributed by atoms with E-state index in [1.807, 2.05) is 86.5 Å². The fraction of sp³-hybridized carbons (Fsp3) is 0.235. The molecule has 21 heavy (non-hydrogen) atoms. The summed E-state index contributed by atoms with van der Waals surface area (Å²) in [5.74, 6) is 0. The second-order valence-corrected chi connectivity index (χ2v) is 5.33. The highest BCUT2D eigenvalue weighted by molar-refractivity contribution is 6.09. The monoisotopic (exact) mass is 280 g/mol. The van der Waals surface area contributed by atoms with E-state index < -0.39 is 0 Å². The molecular weight excluding hydrogens is 260 g/mol. The first-order valence-corrected chi connectivity index (χ1v) is 6.80. The number of nitrogens with zero attached hydrogens (tertiary/aromatic N) is 4. The van der Waals surface area contributed by atoms with Gasteiger partial charge in [-0.2, -0.15) is 4.79 Å². The van der Waals surface area contributed by atoms with Crippen molar-refractivity contribution in [2.75, 3.05) is 38.0 Å². The standard InChI is InChI=1S/C17H20N4/c1-20(2)15-9-5-13(6-10-15)17(19-18)14-7-11-16(12-8-14)21(3)4/h5-12H,1-4H3. The second kappa shape index (κ2) is 6.25. The molecule has 0 aromatic heterocycles. The minimum Gasteiger partial charge on any atom is -0.378 e. The van der Waals surface area contributed by atoms with Crippen LogP contribution in [-0.2, 0) is 0 Å². The van der Waals surface area contributed by atoms with E-state index in [4.69, 9.17) is 0 Å². The van der Waals surface area contributed by atoms with Crippen LogP contribution in [-0.4, -0.2) is 38.7 Å². The Kier molecular flexibility index (Phi) is 4.41. The molecule has 2 aromatic rings. The highest BCUT2D eigenvalue weighted by Crippen LogP contribution is 2.17. The van der Waals surface area contributed by atoms with Gasteiger partial charge in [-0.25, -0.2) is 0 Å². The van der Waals surface area contributed by atoms with Crippen LogP contribution in [0.4, 0.5) is 11.4 Å². The Labute approximate surface area is 125 Å². The van der Waals surface area contributed by atoms with E-state index in [1.54, 1.807) is 0 Å². The van der Waals surface area contributed by atoms with E-state index in [0.29, 0.717) is 5.71 Å². The Morgan fingerprint density at radius 1 is 0.714 bits per heavy atom. The van der Waals surface area contributed by atoms with Crippen molar-refractivity contribution < 1.29 is 4.79 Å². The lowest BCUT2D eigenvalue weighted by molar-refractivity contribution is -0.00278. The van der Waals surface area contributed by atoms with Crippen LogP contribution in [0.2, 0.25) is 0 Å². The van der Waals surface area contributed by atoms with Crippen molar-refractivity contribution >= 4 is 17.1 Å². The van der Waals surface area contributed by atoms with Crippen LogP contribution in [0, 0.1) is 0 Å². The maximum absolute atomic E-state index is 9.36. The van der Waals surface area contributed by atoms with Crippen LogP contribution >= 0.6 is 0 Å². The Hall–Kier alpha value is -2.58. The van der Waals surface area contributed by atoms with Gasteiger partial charge < -0.3 is 15.3 Å². The minimum absolute atomic E-state index is 0.575.